The van der Waals surface area contributed by atoms with E-state index in [1.165, 1.54) is 52.0 Å². The Morgan fingerprint density at radius 3 is 2.55 bits per heavy atom. The molecule has 0 N–H and O–H groups in total. The van der Waals surface area contributed by atoms with Gasteiger partial charge in [-0.2, -0.15) is 9.30 Å². The quantitative estimate of drug-likeness (QED) is 0.298. The Kier molecular flexibility index (Phi) is 6.51. The highest BCUT2D eigenvalue weighted by atomic mass is 32.2. The largest absolute Gasteiger partial charge is 0.379 e. The van der Waals surface area contributed by atoms with Gasteiger partial charge >= 0.3 is 0 Å². The lowest BCUT2D eigenvalue weighted by atomic mass is 10.2. The second kappa shape index (κ2) is 9.35. The molecule has 0 spiro atoms. The van der Waals surface area contributed by atoms with Crippen molar-refractivity contribution in [2.45, 2.75) is 11.4 Å². The number of carbonyl (C=O) groups excluding carboxylic acids is 1. The van der Waals surface area contributed by atoms with Crippen LogP contribution in [0, 0.1) is 10.1 Å². The minimum atomic E-state index is -3.66. The molecule has 3 aromatic rings. The zero-order valence-corrected chi connectivity index (χ0v) is 19.0. The molecule has 2 aromatic carbocycles. The van der Waals surface area contributed by atoms with E-state index < -0.39 is 20.9 Å². The molecular weight excluding hydrogens is 468 g/mol. The number of morpholine rings is 1. The summed E-state index contributed by atoms with van der Waals surface area (Å²) in [4.78, 5) is 28.1. The van der Waals surface area contributed by atoms with Gasteiger partial charge in [0.25, 0.3) is 11.6 Å². The fourth-order valence-corrected chi connectivity index (χ4v) is 5.84. The van der Waals surface area contributed by atoms with Gasteiger partial charge in [0.05, 0.1) is 33.2 Å². The van der Waals surface area contributed by atoms with Crippen LogP contribution in [0.4, 0.5) is 5.69 Å². The van der Waals surface area contributed by atoms with Crippen LogP contribution in [0.1, 0.15) is 10.4 Å². The van der Waals surface area contributed by atoms with E-state index >= 15 is 0 Å². The van der Waals surface area contributed by atoms with Crippen molar-refractivity contribution >= 4 is 43.2 Å². The number of nitro benzene ring substituents is 1. The number of carbonyl (C=O) groups is 1. The summed E-state index contributed by atoms with van der Waals surface area (Å²) in [5.41, 5.74) is 0.741. The van der Waals surface area contributed by atoms with E-state index in [4.69, 9.17) is 4.74 Å². The van der Waals surface area contributed by atoms with Gasteiger partial charge in [-0.05, 0) is 30.3 Å². The molecule has 1 aliphatic heterocycles. The molecule has 1 aromatic heterocycles. The fraction of sp³-hybridized carbons (Fsp3) is 0.238. The van der Waals surface area contributed by atoms with Crippen LogP contribution >= 0.6 is 11.3 Å². The number of sulfonamides is 1. The lowest BCUT2D eigenvalue weighted by molar-refractivity contribution is -0.384. The summed E-state index contributed by atoms with van der Waals surface area (Å²) in [5, 5.41) is 11.1. The third kappa shape index (κ3) is 4.64. The number of rotatable bonds is 6. The first-order valence-corrected chi connectivity index (χ1v) is 12.2. The number of non-ortho nitro benzene ring substituents is 1. The highest BCUT2D eigenvalue weighted by Gasteiger charge is 2.26. The minimum absolute atomic E-state index is 0.0620. The van der Waals surface area contributed by atoms with Crippen molar-refractivity contribution in [3.8, 4) is 0 Å². The number of benzene rings is 2. The zero-order chi connectivity index (χ0) is 23.6. The topological polar surface area (TPSA) is 124 Å². The molecule has 0 radical (unpaired) electrons. The molecule has 1 aliphatic rings. The predicted octanol–water partition coefficient (Wildman–Crippen LogP) is 2.56. The van der Waals surface area contributed by atoms with Crippen LogP contribution in [0.2, 0.25) is 0 Å². The average Bonchev–Trinajstić information content (AvgIpc) is 3.16. The maximum atomic E-state index is 12.8. The van der Waals surface area contributed by atoms with Crippen LogP contribution in [-0.2, 0) is 21.3 Å². The number of allylic oxidation sites excluding steroid dienone is 1. The van der Waals surface area contributed by atoms with Crippen molar-refractivity contribution in [3.63, 3.8) is 0 Å². The summed E-state index contributed by atoms with van der Waals surface area (Å²) < 4.78 is 34.5. The number of fused-ring (bicyclic) bond motifs is 1. The first kappa shape index (κ1) is 23.0. The molecule has 12 heteroatoms. The van der Waals surface area contributed by atoms with Crippen molar-refractivity contribution in [3.05, 3.63) is 75.6 Å². The van der Waals surface area contributed by atoms with Crippen LogP contribution in [0.15, 0.2) is 65.0 Å². The first-order chi connectivity index (χ1) is 15.8. The number of hydrogen-bond acceptors (Lipinski definition) is 7. The second-order valence-electron chi connectivity index (χ2n) is 7.15. The molecular formula is C21H20N4O6S2. The van der Waals surface area contributed by atoms with Crippen molar-refractivity contribution in [2.24, 2.45) is 4.99 Å². The molecule has 4 rings (SSSR count). The zero-order valence-electron chi connectivity index (χ0n) is 17.4. The van der Waals surface area contributed by atoms with Crippen LogP contribution in [0.3, 0.4) is 0 Å². The first-order valence-electron chi connectivity index (χ1n) is 9.97. The molecule has 1 fully saturated rings. The standard InChI is InChI=1S/C21H20N4O6S2/c1-2-9-24-18-14-16(25(27)28)5-8-19(18)32-21(24)22-20(26)15-3-6-17(7-4-15)33(29,30)23-10-12-31-13-11-23/h2-8,14H,1,9-13H2. The van der Waals surface area contributed by atoms with Gasteiger partial charge in [0.1, 0.15) is 0 Å². The third-order valence-electron chi connectivity index (χ3n) is 5.09. The summed E-state index contributed by atoms with van der Waals surface area (Å²) in [6, 6.07) is 10.1. The van der Waals surface area contributed by atoms with Crippen molar-refractivity contribution in [2.75, 3.05) is 26.3 Å². The fourth-order valence-electron chi connectivity index (χ4n) is 3.42. The minimum Gasteiger partial charge on any atom is -0.379 e. The highest BCUT2D eigenvalue weighted by molar-refractivity contribution is 7.89. The van der Waals surface area contributed by atoms with E-state index in [1.54, 1.807) is 16.7 Å². The molecule has 0 atom stereocenters. The van der Waals surface area contributed by atoms with Crippen molar-refractivity contribution in [1.82, 2.24) is 8.87 Å². The molecule has 1 amide bonds. The summed E-state index contributed by atoms with van der Waals surface area (Å²) >= 11 is 1.22. The number of amides is 1. The van der Waals surface area contributed by atoms with E-state index in [1.807, 2.05) is 0 Å². The SMILES string of the molecule is C=CCn1c(=NC(=O)c2ccc(S(=O)(=O)N3CCOCC3)cc2)sc2ccc([N+](=O)[O-])cc21. The summed E-state index contributed by atoms with van der Waals surface area (Å²) in [6.45, 7) is 5.27. The van der Waals surface area contributed by atoms with E-state index in [2.05, 4.69) is 11.6 Å². The normalized spacial score (nSPS) is 15.6. The number of nitrogens with zero attached hydrogens (tertiary/aromatic N) is 4. The molecule has 0 unspecified atom stereocenters. The summed E-state index contributed by atoms with van der Waals surface area (Å²) in [6.07, 6.45) is 1.61. The van der Waals surface area contributed by atoms with Gasteiger partial charge < -0.3 is 9.30 Å². The molecule has 0 saturated carbocycles. The smallest absolute Gasteiger partial charge is 0.279 e. The second-order valence-corrected chi connectivity index (χ2v) is 10.1. The Bertz CT molecular complexity index is 1400. The Morgan fingerprint density at radius 1 is 1.21 bits per heavy atom. The van der Waals surface area contributed by atoms with Crippen molar-refractivity contribution in [1.29, 1.82) is 0 Å². The van der Waals surface area contributed by atoms with Gasteiger partial charge in [0, 0.05) is 37.3 Å². The third-order valence-corrected chi connectivity index (χ3v) is 8.07. The number of aromatic nitrogens is 1. The molecule has 33 heavy (non-hydrogen) atoms. The maximum absolute atomic E-state index is 12.8. The lowest BCUT2D eigenvalue weighted by Crippen LogP contribution is -2.40. The van der Waals surface area contributed by atoms with E-state index in [0.717, 1.165) is 4.70 Å². The Labute approximate surface area is 193 Å². The molecule has 0 aliphatic carbocycles. The Hall–Kier alpha value is -3.19. The molecule has 10 nitrogen and oxygen atoms in total. The van der Waals surface area contributed by atoms with Gasteiger partial charge in [-0.15, -0.1) is 6.58 Å². The molecule has 1 saturated heterocycles. The number of hydrogen-bond donors (Lipinski definition) is 0. The van der Waals surface area contributed by atoms with Crippen LogP contribution in [0.5, 0.6) is 0 Å². The van der Waals surface area contributed by atoms with E-state index in [-0.39, 0.29) is 29.2 Å². The Balaban J connectivity index is 1.67. The molecule has 172 valence electrons. The van der Waals surface area contributed by atoms with Crippen LogP contribution < -0.4 is 4.80 Å². The van der Waals surface area contributed by atoms with Gasteiger partial charge in [0.2, 0.25) is 10.0 Å². The van der Waals surface area contributed by atoms with Gasteiger partial charge in [-0.25, -0.2) is 8.42 Å². The summed E-state index contributed by atoms with van der Waals surface area (Å²) in [5.74, 6) is -0.552. The van der Waals surface area contributed by atoms with Crippen molar-refractivity contribution < 1.29 is 22.9 Å². The number of ether oxygens (including phenoxy) is 1. The van der Waals surface area contributed by atoms with E-state index in [0.29, 0.717) is 30.1 Å². The monoisotopic (exact) mass is 488 g/mol. The lowest BCUT2D eigenvalue weighted by Gasteiger charge is -2.26. The highest BCUT2D eigenvalue weighted by Crippen LogP contribution is 2.23. The van der Waals surface area contributed by atoms with Gasteiger partial charge in [0.15, 0.2) is 4.80 Å². The van der Waals surface area contributed by atoms with Crippen LogP contribution in [-0.4, -0.2) is 54.4 Å². The summed E-state index contributed by atoms with van der Waals surface area (Å²) in [7, 11) is -3.66. The van der Waals surface area contributed by atoms with Gasteiger partial charge in [-0.1, -0.05) is 17.4 Å². The maximum Gasteiger partial charge on any atom is 0.279 e. The Morgan fingerprint density at radius 2 is 1.91 bits per heavy atom. The van der Waals surface area contributed by atoms with E-state index in [9.17, 15) is 23.3 Å². The molecule has 0 bridgehead atoms. The van der Waals surface area contributed by atoms with Crippen LogP contribution in [0.25, 0.3) is 10.2 Å². The van der Waals surface area contributed by atoms with Gasteiger partial charge in [-0.3, -0.25) is 14.9 Å². The predicted molar refractivity (Wildman–Crippen MR) is 123 cm³/mol. The number of nitro groups is 1. The molecule has 2 heterocycles. The average molecular weight is 489 g/mol. The number of thiazole rings is 1.